The van der Waals surface area contributed by atoms with E-state index >= 15 is 0 Å². The number of benzene rings is 1. The average Bonchev–Trinajstić information content (AvgIpc) is 2.83. The zero-order valence-corrected chi connectivity index (χ0v) is 11.9. The zero-order valence-electron chi connectivity index (χ0n) is 10.3. The lowest BCUT2D eigenvalue weighted by molar-refractivity contribution is 0.103. The topological polar surface area (TPSA) is 21.3 Å². The number of hydrogen-bond acceptors (Lipinski definition) is 2. The third-order valence-corrected chi connectivity index (χ3v) is 3.84. The Labute approximate surface area is 112 Å². The molecule has 1 aromatic rings. The SMILES string of the molecule is C[C@H](NCC[C@@H]1CCCO1)c1ccc(Br)cc1. The third-order valence-electron chi connectivity index (χ3n) is 3.31. The van der Waals surface area contributed by atoms with Gasteiger partial charge in [-0.25, -0.2) is 0 Å². The molecule has 1 heterocycles. The summed E-state index contributed by atoms with van der Waals surface area (Å²) >= 11 is 3.45. The minimum atomic E-state index is 0.407. The first-order valence-electron chi connectivity index (χ1n) is 6.36. The minimum Gasteiger partial charge on any atom is -0.378 e. The van der Waals surface area contributed by atoms with Gasteiger partial charge in [0.1, 0.15) is 0 Å². The average molecular weight is 298 g/mol. The molecule has 1 fully saturated rings. The van der Waals surface area contributed by atoms with Gasteiger partial charge < -0.3 is 10.1 Å². The molecule has 1 aromatic carbocycles. The van der Waals surface area contributed by atoms with E-state index in [1.165, 1.54) is 18.4 Å². The second kappa shape index (κ2) is 6.53. The van der Waals surface area contributed by atoms with Crippen molar-refractivity contribution in [2.75, 3.05) is 13.2 Å². The van der Waals surface area contributed by atoms with E-state index in [1.54, 1.807) is 0 Å². The van der Waals surface area contributed by atoms with E-state index in [1.807, 2.05) is 0 Å². The van der Waals surface area contributed by atoms with E-state index in [9.17, 15) is 0 Å². The number of nitrogens with one attached hydrogen (secondary N) is 1. The van der Waals surface area contributed by atoms with Gasteiger partial charge in [0.2, 0.25) is 0 Å². The quantitative estimate of drug-likeness (QED) is 0.895. The second-order valence-corrected chi connectivity index (χ2v) is 5.57. The Kier molecular flexibility index (Phi) is 5.01. The largest absolute Gasteiger partial charge is 0.378 e. The summed E-state index contributed by atoms with van der Waals surface area (Å²) in [6.45, 7) is 4.19. The van der Waals surface area contributed by atoms with Crippen LogP contribution in [0.4, 0.5) is 0 Å². The monoisotopic (exact) mass is 297 g/mol. The van der Waals surface area contributed by atoms with Crippen molar-refractivity contribution in [2.45, 2.75) is 38.3 Å². The molecule has 1 N–H and O–H groups in total. The molecule has 2 rings (SSSR count). The predicted octanol–water partition coefficient (Wildman–Crippen LogP) is 3.67. The van der Waals surface area contributed by atoms with Gasteiger partial charge in [-0.2, -0.15) is 0 Å². The van der Waals surface area contributed by atoms with E-state index < -0.39 is 0 Å². The number of ether oxygens (including phenoxy) is 1. The molecule has 17 heavy (non-hydrogen) atoms. The molecule has 3 heteroatoms. The lowest BCUT2D eigenvalue weighted by Gasteiger charge is -2.16. The Hall–Kier alpha value is -0.380. The fraction of sp³-hybridized carbons (Fsp3) is 0.571. The van der Waals surface area contributed by atoms with Crippen molar-refractivity contribution in [2.24, 2.45) is 0 Å². The molecule has 2 atom stereocenters. The van der Waals surface area contributed by atoms with Gasteiger partial charge in [0.15, 0.2) is 0 Å². The highest BCUT2D eigenvalue weighted by Crippen LogP contribution is 2.18. The van der Waals surface area contributed by atoms with Crippen LogP contribution in [0, 0.1) is 0 Å². The summed E-state index contributed by atoms with van der Waals surface area (Å²) in [5, 5.41) is 3.55. The first kappa shape index (κ1) is 13.1. The summed E-state index contributed by atoms with van der Waals surface area (Å²) in [5.41, 5.74) is 1.33. The summed E-state index contributed by atoms with van der Waals surface area (Å²) in [7, 11) is 0. The van der Waals surface area contributed by atoms with Crippen molar-refractivity contribution in [1.29, 1.82) is 0 Å². The number of halogens is 1. The van der Waals surface area contributed by atoms with Gasteiger partial charge in [0.05, 0.1) is 6.10 Å². The molecule has 0 radical (unpaired) electrons. The van der Waals surface area contributed by atoms with E-state index in [4.69, 9.17) is 4.74 Å². The van der Waals surface area contributed by atoms with Crippen LogP contribution >= 0.6 is 15.9 Å². The Balaban J connectivity index is 1.72. The maximum atomic E-state index is 5.61. The highest BCUT2D eigenvalue weighted by atomic mass is 79.9. The summed E-state index contributed by atoms with van der Waals surface area (Å²) in [6.07, 6.45) is 4.07. The van der Waals surface area contributed by atoms with Crippen LogP contribution in [0.2, 0.25) is 0 Å². The normalized spacial score (nSPS) is 21.6. The Morgan fingerprint density at radius 3 is 2.82 bits per heavy atom. The predicted molar refractivity (Wildman–Crippen MR) is 74.2 cm³/mol. The molecule has 0 aliphatic carbocycles. The zero-order chi connectivity index (χ0) is 12.1. The fourth-order valence-corrected chi connectivity index (χ4v) is 2.47. The van der Waals surface area contributed by atoms with Gasteiger partial charge in [0.25, 0.3) is 0 Å². The Morgan fingerprint density at radius 1 is 1.41 bits per heavy atom. The van der Waals surface area contributed by atoms with Gasteiger partial charge in [-0.15, -0.1) is 0 Å². The molecule has 2 nitrogen and oxygen atoms in total. The van der Waals surface area contributed by atoms with E-state index in [0.29, 0.717) is 12.1 Å². The van der Waals surface area contributed by atoms with Crippen molar-refractivity contribution < 1.29 is 4.74 Å². The number of hydrogen-bond donors (Lipinski definition) is 1. The van der Waals surface area contributed by atoms with Crippen molar-refractivity contribution in [3.8, 4) is 0 Å². The molecule has 1 aliphatic heterocycles. The van der Waals surface area contributed by atoms with Crippen LogP contribution in [0.3, 0.4) is 0 Å². The molecule has 0 spiro atoms. The van der Waals surface area contributed by atoms with Crippen LogP contribution < -0.4 is 5.32 Å². The molecular formula is C14H20BrNO. The first-order chi connectivity index (χ1) is 8.25. The van der Waals surface area contributed by atoms with Crippen molar-refractivity contribution in [3.05, 3.63) is 34.3 Å². The summed E-state index contributed by atoms with van der Waals surface area (Å²) < 4.78 is 6.74. The summed E-state index contributed by atoms with van der Waals surface area (Å²) in [5.74, 6) is 0. The molecule has 0 saturated carbocycles. The molecule has 94 valence electrons. The summed E-state index contributed by atoms with van der Waals surface area (Å²) in [6, 6.07) is 8.91. The molecular weight excluding hydrogens is 278 g/mol. The molecule has 0 aromatic heterocycles. The molecule has 0 amide bonds. The van der Waals surface area contributed by atoms with Crippen LogP contribution in [0.1, 0.15) is 37.8 Å². The minimum absolute atomic E-state index is 0.407. The second-order valence-electron chi connectivity index (χ2n) is 4.65. The van der Waals surface area contributed by atoms with Crippen LogP contribution in [-0.2, 0) is 4.74 Å². The van der Waals surface area contributed by atoms with E-state index in [2.05, 4.69) is 52.4 Å². The van der Waals surface area contributed by atoms with Crippen LogP contribution in [-0.4, -0.2) is 19.3 Å². The van der Waals surface area contributed by atoms with Gasteiger partial charge in [-0.05, 0) is 50.4 Å². The smallest absolute Gasteiger partial charge is 0.0588 e. The van der Waals surface area contributed by atoms with Crippen molar-refractivity contribution in [3.63, 3.8) is 0 Å². The molecule has 1 aliphatic rings. The van der Waals surface area contributed by atoms with Crippen molar-refractivity contribution in [1.82, 2.24) is 5.32 Å². The number of rotatable bonds is 5. The van der Waals surface area contributed by atoms with Crippen LogP contribution in [0.25, 0.3) is 0 Å². The maximum Gasteiger partial charge on any atom is 0.0588 e. The van der Waals surface area contributed by atoms with Gasteiger partial charge in [0, 0.05) is 17.1 Å². The lowest BCUT2D eigenvalue weighted by atomic mass is 10.1. The molecule has 1 saturated heterocycles. The Bertz CT molecular complexity index is 333. The van der Waals surface area contributed by atoms with Gasteiger partial charge >= 0.3 is 0 Å². The molecule has 0 bridgehead atoms. The van der Waals surface area contributed by atoms with E-state index in [0.717, 1.165) is 24.0 Å². The first-order valence-corrected chi connectivity index (χ1v) is 7.15. The Morgan fingerprint density at radius 2 is 2.18 bits per heavy atom. The van der Waals surface area contributed by atoms with Crippen molar-refractivity contribution >= 4 is 15.9 Å². The third kappa shape index (κ3) is 4.09. The van der Waals surface area contributed by atoms with Crippen LogP contribution in [0.15, 0.2) is 28.7 Å². The fourth-order valence-electron chi connectivity index (χ4n) is 2.20. The van der Waals surface area contributed by atoms with Gasteiger partial charge in [-0.1, -0.05) is 28.1 Å². The highest BCUT2D eigenvalue weighted by molar-refractivity contribution is 9.10. The highest BCUT2D eigenvalue weighted by Gasteiger charge is 2.15. The molecule has 0 unspecified atom stereocenters. The van der Waals surface area contributed by atoms with Gasteiger partial charge in [-0.3, -0.25) is 0 Å². The van der Waals surface area contributed by atoms with E-state index in [-0.39, 0.29) is 0 Å². The standard InChI is InChI=1S/C14H20BrNO/c1-11(12-4-6-13(15)7-5-12)16-9-8-14-3-2-10-17-14/h4-7,11,14,16H,2-3,8-10H2,1H3/t11-,14-/m0/s1. The van der Waals surface area contributed by atoms with Crippen LogP contribution in [0.5, 0.6) is 0 Å². The summed E-state index contributed by atoms with van der Waals surface area (Å²) in [4.78, 5) is 0. The lowest BCUT2D eigenvalue weighted by Crippen LogP contribution is -2.23. The maximum absolute atomic E-state index is 5.61.